The molecule has 31 heavy (non-hydrogen) atoms. The van der Waals surface area contributed by atoms with Crippen LogP contribution in [0.25, 0.3) is 11.0 Å². The summed E-state index contributed by atoms with van der Waals surface area (Å²) in [5, 5.41) is 3.99. The molecule has 6 heteroatoms. The van der Waals surface area contributed by atoms with Crippen LogP contribution in [-0.2, 0) is 6.54 Å². The van der Waals surface area contributed by atoms with Crippen LogP contribution in [0.15, 0.2) is 46.9 Å². The zero-order valence-corrected chi connectivity index (χ0v) is 18.4. The molecule has 6 nitrogen and oxygen atoms in total. The van der Waals surface area contributed by atoms with Crippen molar-refractivity contribution < 1.29 is 18.7 Å². The number of likely N-dealkylation sites (tertiary alicyclic amines) is 1. The number of benzene rings is 2. The molecule has 0 saturated carbocycles. The molecule has 0 unspecified atom stereocenters. The first kappa shape index (κ1) is 21.2. The normalized spacial score (nSPS) is 15.2. The van der Waals surface area contributed by atoms with Gasteiger partial charge >= 0.3 is 0 Å². The smallest absolute Gasteiger partial charge is 0.287 e. The van der Waals surface area contributed by atoms with Crippen molar-refractivity contribution in [2.75, 3.05) is 33.9 Å². The Labute approximate surface area is 183 Å². The fraction of sp³-hybridized carbons (Fsp3) is 0.400. The second kappa shape index (κ2) is 9.43. The number of methoxy groups -OCH3 is 2. The molecule has 2 aromatic carbocycles. The van der Waals surface area contributed by atoms with Crippen LogP contribution >= 0.6 is 0 Å². The Morgan fingerprint density at radius 3 is 2.42 bits per heavy atom. The molecule has 0 atom stereocenters. The van der Waals surface area contributed by atoms with Crippen LogP contribution in [0.4, 0.5) is 0 Å². The summed E-state index contributed by atoms with van der Waals surface area (Å²) in [4.78, 5) is 15.2. The van der Waals surface area contributed by atoms with Gasteiger partial charge in [-0.1, -0.05) is 12.1 Å². The number of nitrogens with one attached hydrogen (secondary N) is 1. The van der Waals surface area contributed by atoms with Gasteiger partial charge in [-0.05, 0) is 74.7 Å². The van der Waals surface area contributed by atoms with Crippen molar-refractivity contribution in [1.29, 1.82) is 0 Å². The summed E-state index contributed by atoms with van der Waals surface area (Å²) >= 11 is 0. The fourth-order valence-corrected chi connectivity index (χ4v) is 4.20. The molecule has 3 aromatic rings. The van der Waals surface area contributed by atoms with Gasteiger partial charge in [0.1, 0.15) is 17.1 Å². The third kappa shape index (κ3) is 4.85. The van der Waals surface area contributed by atoms with Crippen LogP contribution in [0.3, 0.4) is 0 Å². The molecule has 0 bridgehead atoms. The van der Waals surface area contributed by atoms with E-state index >= 15 is 0 Å². The van der Waals surface area contributed by atoms with Crippen molar-refractivity contribution in [2.45, 2.75) is 26.3 Å². The van der Waals surface area contributed by atoms with E-state index < -0.39 is 0 Å². The second-order valence-electron chi connectivity index (χ2n) is 8.20. The predicted molar refractivity (Wildman–Crippen MR) is 121 cm³/mol. The number of amides is 1. The minimum absolute atomic E-state index is 0.145. The molecule has 0 radical (unpaired) electrons. The van der Waals surface area contributed by atoms with Crippen LogP contribution in [-0.4, -0.2) is 44.7 Å². The van der Waals surface area contributed by atoms with Crippen molar-refractivity contribution in [1.82, 2.24) is 10.2 Å². The van der Waals surface area contributed by atoms with Gasteiger partial charge in [-0.2, -0.15) is 0 Å². The average molecular weight is 423 g/mol. The lowest BCUT2D eigenvalue weighted by Crippen LogP contribution is -2.38. The summed E-state index contributed by atoms with van der Waals surface area (Å²) in [6, 6.07) is 13.8. The maximum absolute atomic E-state index is 12.7. The van der Waals surface area contributed by atoms with E-state index in [0.717, 1.165) is 54.9 Å². The van der Waals surface area contributed by atoms with Crippen LogP contribution in [0.5, 0.6) is 11.5 Å². The van der Waals surface area contributed by atoms with E-state index in [4.69, 9.17) is 13.9 Å². The Bertz CT molecular complexity index is 1030. The van der Waals surface area contributed by atoms with Crippen molar-refractivity contribution in [3.8, 4) is 11.5 Å². The number of carbonyl (C=O) groups excluding carboxylic acids is 1. The van der Waals surface area contributed by atoms with Gasteiger partial charge in [0.2, 0.25) is 0 Å². The van der Waals surface area contributed by atoms with Gasteiger partial charge in [0, 0.05) is 24.0 Å². The molecule has 1 N–H and O–H groups in total. The molecule has 2 heterocycles. The highest BCUT2D eigenvalue weighted by atomic mass is 16.5. The maximum atomic E-state index is 12.7. The maximum Gasteiger partial charge on any atom is 0.287 e. The van der Waals surface area contributed by atoms with Crippen molar-refractivity contribution >= 4 is 16.9 Å². The molecule has 0 aliphatic carbocycles. The summed E-state index contributed by atoms with van der Waals surface area (Å²) in [6.07, 6.45) is 2.15. The molecule has 1 fully saturated rings. The van der Waals surface area contributed by atoms with Gasteiger partial charge in [-0.3, -0.25) is 9.69 Å². The number of carbonyl (C=O) groups is 1. The SMILES string of the molecule is COc1ccc(CN2CCC(CNC(=O)c3oc4ccc(OC)cc4c3C)CC2)cc1. The number of rotatable bonds is 7. The molecule has 1 amide bonds. The quantitative estimate of drug-likeness (QED) is 0.611. The molecule has 1 aromatic heterocycles. The van der Waals surface area contributed by atoms with Gasteiger partial charge in [-0.25, -0.2) is 0 Å². The summed E-state index contributed by atoms with van der Waals surface area (Å²) in [7, 11) is 3.32. The van der Waals surface area contributed by atoms with E-state index in [1.54, 1.807) is 14.2 Å². The van der Waals surface area contributed by atoms with Gasteiger partial charge in [0.15, 0.2) is 5.76 Å². The van der Waals surface area contributed by atoms with E-state index in [9.17, 15) is 4.79 Å². The van der Waals surface area contributed by atoms with Crippen molar-refractivity contribution in [3.05, 3.63) is 59.4 Å². The molecule has 1 aliphatic heterocycles. The number of aryl methyl sites for hydroxylation is 1. The van der Waals surface area contributed by atoms with Crippen molar-refractivity contribution in [2.24, 2.45) is 5.92 Å². The van der Waals surface area contributed by atoms with Gasteiger partial charge in [-0.15, -0.1) is 0 Å². The predicted octanol–water partition coefficient (Wildman–Crippen LogP) is 4.40. The zero-order chi connectivity index (χ0) is 21.8. The Morgan fingerprint density at radius 2 is 1.74 bits per heavy atom. The minimum Gasteiger partial charge on any atom is -0.497 e. The Balaban J connectivity index is 1.28. The molecule has 0 spiro atoms. The number of fused-ring (bicyclic) bond motifs is 1. The highest BCUT2D eigenvalue weighted by molar-refractivity contribution is 5.99. The summed E-state index contributed by atoms with van der Waals surface area (Å²) in [5.74, 6) is 2.37. The molecular weight excluding hydrogens is 392 g/mol. The van der Waals surface area contributed by atoms with Crippen LogP contribution < -0.4 is 14.8 Å². The summed E-state index contributed by atoms with van der Waals surface area (Å²) < 4.78 is 16.3. The molecule has 4 rings (SSSR count). The zero-order valence-electron chi connectivity index (χ0n) is 18.4. The number of hydrogen-bond acceptors (Lipinski definition) is 5. The topological polar surface area (TPSA) is 63.9 Å². The van der Waals surface area contributed by atoms with E-state index in [-0.39, 0.29) is 5.91 Å². The highest BCUT2D eigenvalue weighted by Crippen LogP contribution is 2.29. The average Bonchev–Trinajstić information content (AvgIpc) is 3.14. The Kier molecular flexibility index (Phi) is 6.47. The van der Waals surface area contributed by atoms with E-state index in [0.29, 0.717) is 23.8 Å². The number of piperidine rings is 1. The summed E-state index contributed by atoms with van der Waals surface area (Å²) in [6.45, 7) is 5.61. The number of furan rings is 1. The third-order valence-electron chi connectivity index (χ3n) is 6.17. The molecular formula is C25H30N2O4. The molecule has 1 aliphatic rings. The van der Waals surface area contributed by atoms with Crippen LogP contribution in [0.1, 0.15) is 34.5 Å². The number of hydrogen-bond donors (Lipinski definition) is 1. The fourth-order valence-electron chi connectivity index (χ4n) is 4.20. The lowest BCUT2D eigenvalue weighted by molar-refractivity contribution is 0.0909. The number of ether oxygens (including phenoxy) is 2. The Morgan fingerprint density at radius 1 is 1.06 bits per heavy atom. The van der Waals surface area contributed by atoms with Crippen molar-refractivity contribution in [3.63, 3.8) is 0 Å². The van der Waals surface area contributed by atoms with Gasteiger partial charge in [0.25, 0.3) is 5.91 Å². The molecule has 164 valence electrons. The van der Waals surface area contributed by atoms with E-state index in [1.165, 1.54) is 5.56 Å². The summed E-state index contributed by atoms with van der Waals surface area (Å²) in [5.41, 5.74) is 2.85. The van der Waals surface area contributed by atoms with Gasteiger partial charge in [0.05, 0.1) is 14.2 Å². The first-order valence-electron chi connectivity index (χ1n) is 10.8. The first-order valence-corrected chi connectivity index (χ1v) is 10.8. The standard InChI is InChI=1S/C25H30N2O4/c1-17-22-14-21(30-3)8-9-23(22)31-24(17)25(28)26-15-18-10-12-27(13-11-18)16-19-4-6-20(29-2)7-5-19/h4-9,14,18H,10-13,15-16H2,1-3H3,(H,26,28). The van der Waals surface area contributed by atoms with E-state index in [1.807, 2.05) is 37.3 Å². The third-order valence-corrected chi connectivity index (χ3v) is 6.17. The van der Waals surface area contributed by atoms with Crippen LogP contribution in [0.2, 0.25) is 0 Å². The second-order valence-corrected chi connectivity index (χ2v) is 8.20. The number of nitrogens with zero attached hydrogens (tertiary/aromatic N) is 1. The van der Waals surface area contributed by atoms with E-state index in [2.05, 4.69) is 22.3 Å². The molecule has 1 saturated heterocycles. The first-order chi connectivity index (χ1) is 15.1. The highest BCUT2D eigenvalue weighted by Gasteiger charge is 2.22. The largest absolute Gasteiger partial charge is 0.497 e. The lowest BCUT2D eigenvalue weighted by Gasteiger charge is -2.32. The monoisotopic (exact) mass is 422 g/mol. The minimum atomic E-state index is -0.145. The van der Waals surface area contributed by atoms with Crippen LogP contribution in [0, 0.1) is 12.8 Å². The lowest BCUT2D eigenvalue weighted by atomic mass is 9.96. The Hall–Kier alpha value is -2.99. The van der Waals surface area contributed by atoms with Gasteiger partial charge < -0.3 is 19.2 Å².